The number of aliphatic hydroxyl groups is 1. The lowest BCUT2D eigenvalue weighted by molar-refractivity contribution is -0.0357. The Balaban J connectivity index is 2.29. The first-order valence-electron chi connectivity index (χ1n) is 5.89. The normalized spacial score (nSPS) is 34.8. The highest BCUT2D eigenvalue weighted by atomic mass is 16.3. The summed E-state index contributed by atoms with van der Waals surface area (Å²) >= 11 is 0. The molecule has 0 radical (unpaired) electrons. The van der Waals surface area contributed by atoms with E-state index in [1.165, 1.54) is 44.9 Å². The molecule has 0 spiro atoms. The highest BCUT2D eigenvalue weighted by Crippen LogP contribution is 2.36. The van der Waals surface area contributed by atoms with E-state index in [9.17, 15) is 5.11 Å². The Labute approximate surface area is 82.5 Å². The van der Waals surface area contributed by atoms with Crippen molar-refractivity contribution >= 4 is 0 Å². The van der Waals surface area contributed by atoms with E-state index in [0.29, 0.717) is 5.92 Å². The van der Waals surface area contributed by atoms with Crippen molar-refractivity contribution in [3.05, 3.63) is 0 Å². The van der Waals surface area contributed by atoms with Crippen molar-refractivity contribution in [3.8, 4) is 0 Å². The van der Waals surface area contributed by atoms with Crippen LogP contribution in [0.4, 0.5) is 0 Å². The lowest BCUT2D eigenvalue weighted by Crippen LogP contribution is -2.37. The quantitative estimate of drug-likeness (QED) is 0.663. The van der Waals surface area contributed by atoms with Gasteiger partial charge in [-0.05, 0) is 32.1 Å². The summed E-state index contributed by atoms with van der Waals surface area (Å²) in [4.78, 5) is 0. The lowest BCUT2D eigenvalue weighted by Gasteiger charge is -2.37. The van der Waals surface area contributed by atoms with Crippen LogP contribution >= 0.6 is 0 Å². The first-order valence-corrected chi connectivity index (χ1v) is 5.89. The molecule has 13 heavy (non-hydrogen) atoms. The van der Waals surface area contributed by atoms with E-state index < -0.39 is 0 Å². The second-order valence-corrected chi connectivity index (χ2v) is 4.80. The van der Waals surface area contributed by atoms with Crippen molar-refractivity contribution in [3.63, 3.8) is 0 Å². The molecule has 0 unspecified atom stereocenters. The predicted molar refractivity (Wildman–Crippen MR) is 56.7 cm³/mol. The molecule has 0 bridgehead atoms. The zero-order valence-corrected chi connectivity index (χ0v) is 9.18. The van der Waals surface area contributed by atoms with Gasteiger partial charge in [0, 0.05) is 0 Å². The molecule has 0 amide bonds. The van der Waals surface area contributed by atoms with Gasteiger partial charge in [-0.3, -0.25) is 0 Å². The fraction of sp³-hybridized carbons (Fsp3) is 1.00. The third-order valence-electron chi connectivity index (χ3n) is 3.52. The molecule has 1 N–H and O–H groups in total. The van der Waals surface area contributed by atoms with Crippen LogP contribution in [-0.2, 0) is 0 Å². The van der Waals surface area contributed by atoms with Gasteiger partial charge in [0.05, 0.1) is 5.60 Å². The van der Waals surface area contributed by atoms with Crippen molar-refractivity contribution in [2.24, 2.45) is 5.92 Å². The van der Waals surface area contributed by atoms with E-state index in [-0.39, 0.29) is 5.60 Å². The second kappa shape index (κ2) is 4.99. The Kier molecular flexibility index (Phi) is 4.24. The average molecular weight is 184 g/mol. The van der Waals surface area contributed by atoms with Crippen LogP contribution in [0.5, 0.6) is 0 Å². The first-order chi connectivity index (χ1) is 6.17. The molecule has 0 heterocycles. The highest BCUT2D eigenvalue weighted by Gasteiger charge is 2.33. The minimum atomic E-state index is -0.355. The van der Waals surface area contributed by atoms with Crippen LogP contribution in [0.15, 0.2) is 0 Å². The third kappa shape index (κ3) is 3.30. The Morgan fingerprint density at radius 3 is 2.69 bits per heavy atom. The maximum atomic E-state index is 10.1. The van der Waals surface area contributed by atoms with Crippen LogP contribution in [0, 0.1) is 5.92 Å². The van der Waals surface area contributed by atoms with E-state index in [4.69, 9.17) is 0 Å². The summed E-state index contributed by atoms with van der Waals surface area (Å²) in [6.45, 7) is 4.27. The largest absolute Gasteiger partial charge is 0.390 e. The summed E-state index contributed by atoms with van der Waals surface area (Å²) in [7, 11) is 0. The highest BCUT2D eigenvalue weighted by molar-refractivity contribution is 4.85. The molecule has 0 aromatic rings. The summed E-state index contributed by atoms with van der Waals surface area (Å²) in [5, 5.41) is 10.1. The zero-order chi connectivity index (χ0) is 9.73. The van der Waals surface area contributed by atoms with Gasteiger partial charge in [-0.15, -0.1) is 0 Å². The van der Waals surface area contributed by atoms with Gasteiger partial charge in [0.25, 0.3) is 0 Å². The van der Waals surface area contributed by atoms with Gasteiger partial charge in [0.2, 0.25) is 0 Å². The lowest BCUT2D eigenvalue weighted by atomic mass is 9.74. The van der Waals surface area contributed by atoms with Crippen molar-refractivity contribution in [1.29, 1.82) is 0 Å². The minimum absolute atomic E-state index is 0.355. The average Bonchev–Trinajstić information content (AvgIpc) is 2.08. The molecule has 0 aromatic carbocycles. The molecule has 78 valence electrons. The standard InChI is InChI=1S/C12H24O/c1-3-4-5-8-11-9-6-7-10-12(11,2)13/h11,13H,3-10H2,1-2H3/t11-,12-/m1/s1. The molecular formula is C12H24O. The SMILES string of the molecule is CCCCC[C@@H]1CCCC[C@@]1(C)O. The van der Waals surface area contributed by atoms with E-state index in [2.05, 4.69) is 6.92 Å². The molecule has 0 aliphatic heterocycles. The molecule has 1 fully saturated rings. The third-order valence-corrected chi connectivity index (χ3v) is 3.52. The fourth-order valence-corrected chi connectivity index (χ4v) is 2.48. The van der Waals surface area contributed by atoms with Crippen LogP contribution < -0.4 is 0 Å². The fourth-order valence-electron chi connectivity index (χ4n) is 2.48. The number of rotatable bonds is 4. The molecule has 1 heteroatoms. The van der Waals surface area contributed by atoms with Crippen molar-refractivity contribution < 1.29 is 5.11 Å². The number of hydrogen-bond acceptors (Lipinski definition) is 1. The van der Waals surface area contributed by atoms with E-state index in [1.807, 2.05) is 6.92 Å². The van der Waals surface area contributed by atoms with Crippen molar-refractivity contribution in [1.82, 2.24) is 0 Å². The summed E-state index contributed by atoms with van der Waals surface area (Å²) in [6.07, 6.45) is 9.96. The molecule has 1 saturated carbocycles. The number of hydrogen-bond donors (Lipinski definition) is 1. The molecular weight excluding hydrogens is 160 g/mol. The van der Waals surface area contributed by atoms with Crippen LogP contribution in [-0.4, -0.2) is 10.7 Å². The van der Waals surface area contributed by atoms with Crippen LogP contribution in [0.2, 0.25) is 0 Å². The summed E-state index contributed by atoms with van der Waals surface area (Å²) < 4.78 is 0. The molecule has 0 saturated heterocycles. The van der Waals surface area contributed by atoms with Gasteiger partial charge in [-0.2, -0.15) is 0 Å². The number of unbranched alkanes of at least 4 members (excludes halogenated alkanes) is 2. The summed E-state index contributed by atoms with van der Waals surface area (Å²) in [5.41, 5.74) is -0.355. The Morgan fingerprint density at radius 2 is 2.08 bits per heavy atom. The van der Waals surface area contributed by atoms with E-state index in [1.54, 1.807) is 0 Å². The smallest absolute Gasteiger partial charge is 0.0647 e. The van der Waals surface area contributed by atoms with Gasteiger partial charge >= 0.3 is 0 Å². The van der Waals surface area contributed by atoms with Crippen molar-refractivity contribution in [2.75, 3.05) is 0 Å². The maximum absolute atomic E-state index is 10.1. The molecule has 1 nitrogen and oxygen atoms in total. The van der Waals surface area contributed by atoms with Gasteiger partial charge in [0.1, 0.15) is 0 Å². The monoisotopic (exact) mass is 184 g/mol. The van der Waals surface area contributed by atoms with Gasteiger partial charge in [-0.25, -0.2) is 0 Å². The van der Waals surface area contributed by atoms with Crippen LogP contribution in [0.25, 0.3) is 0 Å². The Hall–Kier alpha value is -0.0400. The second-order valence-electron chi connectivity index (χ2n) is 4.80. The maximum Gasteiger partial charge on any atom is 0.0647 e. The minimum Gasteiger partial charge on any atom is -0.390 e. The van der Waals surface area contributed by atoms with Gasteiger partial charge < -0.3 is 5.11 Å². The topological polar surface area (TPSA) is 20.2 Å². The van der Waals surface area contributed by atoms with Crippen LogP contribution in [0.1, 0.15) is 65.2 Å². The predicted octanol–water partition coefficient (Wildman–Crippen LogP) is 3.51. The van der Waals surface area contributed by atoms with Gasteiger partial charge in [0.15, 0.2) is 0 Å². The summed E-state index contributed by atoms with van der Waals surface area (Å²) in [6, 6.07) is 0. The van der Waals surface area contributed by atoms with E-state index >= 15 is 0 Å². The Bertz CT molecular complexity index is 140. The van der Waals surface area contributed by atoms with Gasteiger partial charge in [-0.1, -0.05) is 39.0 Å². The molecule has 1 rings (SSSR count). The van der Waals surface area contributed by atoms with Crippen molar-refractivity contribution in [2.45, 2.75) is 70.8 Å². The molecule has 2 atom stereocenters. The zero-order valence-electron chi connectivity index (χ0n) is 9.18. The molecule has 1 aliphatic carbocycles. The molecule has 1 aliphatic rings. The Morgan fingerprint density at radius 1 is 1.31 bits per heavy atom. The molecule has 0 aromatic heterocycles. The van der Waals surface area contributed by atoms with E-state index in [0.717, 1.165) is 6.42 Å². The van der Waals surface area contributed by atoms with Crippen LogP contribution in [0.3, 0.4) is 0 Å². The summed E-state index contributed by atoms with van der Waals surface area (Å²) in [5.74, 6) is 0.577. The first kappa shape index (κ1) is 11.0.